The molecule has 0 saturated heterocycles. The molecule has 33 heavy (non-hydrogen) atoms. The van der Waals surface area contributed by atoms with E-state index in [-0.39, 0.29) is 21.1 Å². The molecule has 2 aromatic heterocycles. The van der Waals surface area contributed by atoms with E-state index in [1.807, 2.05) is 42.5 Å². The van der Waals surface area contributed by atoms with E-state index >= 15 is 0 Å². The fraction of sp³-hybridized carbons (Fsp3) is 0.0833. The van der Waals surface area contributed by atoms with E-state index in [1.54, 1.807) is 17.7 Å². The first-order valence-electron chi connectivity index (χ1n) is 10.1. The predicted octanol–water partition coefficient (Wildman–Crippen LogP) is 4.71. The fourth-order valence-electron chi connectivity index (χ4n) is 3.76. The van der Waals surface area contributed by atoms with Crippen LogP contribution in [-0.2, 0) is 16.4 Å². The smallest absolute Gasteiger partial charge is 0.212 e. The maximum absolute atomic E-state index is 13.6. The summed E-state index contributed by atoms with van der Waals surface area (Å²) in [6.07, 6.45) is 0. The third-order valence-electron chi connectivity index (χ3n) is 5.44. The minimum atomic E-state index is -3.99. The molecule has 0 unspecified atom stereocenters. The number of rotatable bonds is 5. The maximum atomic E-state index is 13.6. The molecule has 0 spiro atoms. The Balaban J connectivity index is 1.77. The minimum absolute atomic E-state index is 0.0633. The van der Waals surface area contributed by atoms with Crippen LogP contribution >= 0.6 is 11.6 Å². The Morgan fingerprint density at radius 3 is 2.21 bits per heavy atom. The number of ether oxygens (including phenoxy) is 1. The molecule has 5 rings (SSSR count). The van der Waals surface area contributed by atoms with E-state index in [9.17, 15) is 8.42 Å². The summed E-state index contributed by atoms with van der Waals surface area (Å²) in [6, 6.07) is 20.7. The molecule has 2 heterocycles. The molecule has 9 heteroatoms. The van der Waals surface area contributed by atoms with Crippen molar-refractivity contribution in [2.45, 2.75) is 16.3 Å². The molecule has 0 radical (unpaired) electrons. The average molecular weight is 479 g/mol. The molecule has 166 valence electrons. The van der Waals surface area contributed by atoms with Crippen molar-refractivity contribution in [1.29, 1.82) is 0 Å². The number of methoxy groups -OCH3 is 1. The number of nitrogen functional groups attached to an aromatic ring is 1. The van der Waals surface area contributed by atoms with Gasteiger partial charge in [0.1, 0.15) is 22.0 Å². The van der Waals surface area contributed by atoms with Gasteiger partial charge in [-0.3, -0.25) is 0 Å². The van der Waals surface area contributed by atoms with Crippen LogP contribution in [0.15, 0.2) is 82.6 Å². The Morgan fingerprint density at radius 1 is 0.939 bits per heavy atom. The average Bonchev–Trinajstić information content (AvgIpc) is 3.09. The van der Waals surface area contributed by atoms with E-state index in [2.05, 4.69) is 4.98 Å². The summed E-state index contributed by atoms with van der Waals surface area (Å²) >= 11 is 5.96. The van der Waals surface area contributed by atoms with E-state index in [4.69, 9.17) is 27.1 Å². The van der Waals surface area contributed by atoms with Gasteiger partial charge >= 0.3 is 0 Å². The lowest BCUT2D eigenvalue weighted by atomic mass is 10.2. The Bertz CT molecular complexity index is 1600. The lowest BCUT2D eigenvalue weighted by Gasteiger charge is -2.09. The molecule has 5 aromatic rings. The summed E-state index contributed by atoms with van der Waals surface area (Å²) in [4.78, 5) is 9.39. The van der Waals surface area contributed by atoms with Crippen LogP contribution in [0.25, 0.3) is 22.2 Å². The molecule has 0 atom stereocenters. The highest BCUT2D eigenvalue weighted by Crippen LogP contribution is 2.36. The molecule has 0 amide bonds. The molecule has 0 fully saturated rings. The first-order chi connectivity index (χ1) is 15.9. The number of benzene rings is 3. The summed E-state index contributed by atoms with van der Waals surface area (Å²) in [5, 5.41) is 0.439. The van der Waals surface area contributed by atoms with E-state index in [0.29, 0.717) is 28.2 Å². The minimum Gasteiger partial charge on any atom is -0.497 e. The lowest BCUT2D eigenvalue weighted by Crippen LogP contribution is -2.09. The number of aromatic nitrogens is 3. The lowest BCUT2D eigenvalue weighted by molar-refractivity contribution is 0.414. The van der Waals surface area contributed by atoms with Crippen molar-refractivity contribution in [1.82, 2.24) is 14.5 Å². The van der Waals surface area contributed by atoms with Crippen LogP contribution in [0.5, 0.6) is 5.75 Å². The standard InChI is InChI=1S/C24H19ClN4O3S/c1-32-17-10-6-15(7-11-17)14-29-23(26)22(33(30,31)18-12-8-16(25)9-13-18)21-24(29)28-20-5-3-2-4-19(20)27-21/h2-13H,14,26H2,1H3. The molecule has 0 aliphatic heterocycles. The summed E-state index contributed by atoms with van der Waals surface area (Å²) in [5.74, 6) is 0.798. The number of fused-ring (bicyclic) bond motifs is 2. The van der Waals surface area contributed by atoms with Crippen LogP contribution in [0.4, 0.5) is 5.82 Å². The quantitative estimate of drug-likeness (QED) is 0.392. The van der Waals surface area contributed by atoms with Gasteiger partial charge in [-0.25, -0.2) is 18.4 Å². The second-order valence-electron chi connectivity index (χ2n) is 7.49. The van der Waals surface area contributed by atoms with E-state index in [0.717, 1.165) is 11.3 Å². The number of anilines is 1. The predicted molar refractivity (Wildman–Crippen MR) is 128 cm³/mol. The highest BCUT2D eigenvalue weighted by Gasteiger charge is 2.30. The number of para-hydroxylation sites is 2. The first kappa shape index (κ1) is 21.2. The van der Waals surface area contributed by atoms with Crippen molar-refractivity contribution in [2.75, 3.05) is 12.8 Å². The van der Waals surface area contributed by atoms with Gasteiger partial charge in [-0.1, -0.05) is 35.9 Å². The van der Waals surface area contributed by atoms with Crippen molar-refractivity contribution in [3.8, 4) is 5.75 Å². The van der Waals surface area contributed by atoms with Gasteiger partial charge in [0, 0.05) is 5.02 Å². The van der Waals surface area contributed by atoms with Crippen LogP contribution in [0, 0.1) is 0 Å². The van der Waals surface area contributed by atoms with Crippen molar-refractivity contribution in [2.24, 2.45) is 0 Å². The first-order valence-corrected chi connectivity index (χ1v) is 11.9. The number of hydrogen-bond donors (Lipinski definition) is 1. The van der Waals surface area contributed by atoms with Gasteiger partial charge in [0.2, 0.25) is 9.84 Å². The summed E-state index contributed by atoms with van der Waals surface area (Å²) < 4.78 is 34.2. The van der Waals surface area contributed by atoms with Crippen LogP contribution in [-0.4, -0.2) is 30.1 Å². The zero-order valence-corrected chi connectivity index (χ0v) is 19.1. The fourth-order valence-corrected chi connectivity index (χ4v) is 5.39. The summed E-state index contributed by atoms with van der Waals surface area (Å²) in [7, 11) is -2.39. The van der Waals surface area contributed by atoms with Gasteiger partial charge in [-0.15, -0.1) is 0 Å². The summed E-state index contributed by atoms with van der Waals surface area (Å²) in [5.41, 5.74) is 9.25. The molecule has 0 saturated carbocycles. The van der Waals surface area contributed by atoms with Gasteiger partial charge in [-0.05, 0) is 54.1 Å². The van der Waals surface area contributed by atoms with E-state index in [1.165, 1.54) is 24.3 Å². The maximum Gasteiger partial charge on any atom is 0.212 e. The molecule has 0 bridgehead atoms. The number of hydrogen-bond acceptors (Lipinski definition) is 6. The van der Waals surface area contributed by atoms with Crippen LogP contribution < -0.4 is 10.5 Å². The van der Waals surface area contributed by atoms with Crippen molar-refractivity contribution in [3.05, 3.63) is 83.4 Å². The second kappa shape index (κ2) is 8.06. The molecule has 0 aliphatic rings. The Hall–Kier alpha value is -3.62. The number of halogens is 1. The molecular formula is C24H19ClN4O3S. The Kier molecular flexibility index (Phi) is 5.19. The molecule has 2 N–H and O–H groups in total. The molecular weight excluding hydrogens is 460 g/mol. The van der Waals surface area contributed by atoms with E-state index < -0.39 is 9.84 Å². The highest BCUT2D eigenvalue weighted by molar-refractivity contribution is 7.92. The monoisotopic (exact) mass is 478 g/mol. The highest BCUT2D eigenvalue weighted by atomic mass is 35.5. The van der Waals surface area contributed by atoms with Crippen LogP contribution in [0.1, 0.15) is 5.56 Å². The Morgan fingerprint density at radius 2 is 1.58 bits per heavy atom. The largest absolute Gasteiger partial charge is 0.497 e. The summed E-state index contributed by atoms with van der Waals surface area (Å²) in [6.45, 7) is 0.315. The Labute approximate surface area is 195 Å². The number of nitrogens with zero attached hydrogens (tertiary/aromatic N) is 3. The van der Waals surface area contributed by atoms with Crippen molar-refractivity contribution in [3.63, 3.8) is 0 Å². The van der Waals surface area contributed by atoms with Gasteiger partial charge < -0.3 is 15.0 Å². The van der Waals surface area contributed by atoms with Gasteiger partial charge in [0.05, 0.1) is 29.6 Å². The second-order valence-corrected chi connectivity index (χ2v) is 9.81. The van der Waals surface area contributed by atoms with Crippen LogP contribution in [0.3, 0.4) is 0 Å². The third-order valence-corrected chi connectivity index (χ3v) is 7.52. The number of nitrogens with two attached hydrogens (primary N) is 1. The molecule has 7 nitrogen and oxygen atoms in total. The van der Waals surface area contributed by atoms with Gasteiger partial charge in [0.25, 0.3) is 0 Å². The van der Waals surface area contributed by atoms with Gasteiger partial charge in [-0.2, -0.15) is 0 Å². The zero-order chi connectivity index (χ0) is 23.2. The third kappa shape index (κ3) is 3.67. The van der Waals surface area contributed by atoms with Gasteiger partial charge in [0.15, 0.2) is 5.65 Å². The van der Waals surface area contributed by atoms with Crippen molar-refractivity contribution < 1.29 is 13.2 Å². The molecule has 0 aliphatic carbocycles. The SMILES string of the molecule is COc1ccc(Cn2c(N)c(S(=O)(=O)c3ccc(Cl)cc3)c3nc4ccccc4nc32)cc1. The molecule has 3 aromatic carbocycles. The normalized spacial score (nSPS) is 11.8. The topological polar surface area (TPSA) is 100 Å². The van der Waals surface area contributed by atoms with Crippen molar-refractivity contribution >= 4 is 49.5 Å². The number of sulfone groups is 1. The zero-order valence-electron chi connectivity index (χ0n) is 17.6. The van der Waals surface area contributed by atoms with Crippen LogP contribution in [0.2, 0.25) is 5.02 Å².